The molecule has 0 unspecified atom stereocenters. The zero-order valence-corrected chi connectivity index (χ0v) is 12.6. The van der Waals surface area contributed by atoms with Crippen LogP contribution in [0.15, 0.2) is 54.6 Å². The van der Waals surface area contributed by atoms with Crippen molar-refractivity contribution in [1.82, 2.24) is 5.32 Å². The first kappa shape index (κ1) is 15.7. The molecule has 3 N–H and O–H groups in total. The van der Waals surface area contributed by atoms with Crippen LogP contribution in [0.4, 0.5) is 0 Å². The summed E-state index contributed by atoms with van der Waals surface area (Å²) in [5, 5.41) is 21.6. The molecule has 120 valence electrons. The van der Waals surface area contributed by atoms with Crippen LogP contribution in [-0.4, -0.2) is 41.0 Å². The van der Waals surface area contributed by atoms with Gasteiger partial charge in [-0.1, -0.05) is 54.6 Å². The van der Waals surface area contributed by atoms with E-state index in [-0.39, 0.29) is 0 Å². The molecule has 1 aliphatic rings. The molecule has 0 amide bonds. The Bertz CT molecular complexity index is 656. The molecule has 0 radical (unpaired) electrons. The van der Waals surface area contributed by atoms with Crippen LogP contribution >= 0.6 is 0 Å². The van der Waals surface area contributed by atoms with Gasteiger partial charge in [0, 0.05) is 6.54 Å². The lowest BCUT2D eigenvalue weighted by Crippen LogP contribution is -2.40. The van der Waals surface area contributed by atoms with E-state index in [1.165, 1.54) is 0 Å². The number of carbonyl (C=O) groups is 1. The second-order valence-corrected chi connectivity index (χ2v) is 5.63. The Morgan fingerprint density at radius 2 is 1.74 bits per heavy atom. The third kappa shape index (κ3) is 3.59. The average molecular weight is 313 g/mol. The molecule has 2 aromatic carbocycles. The molecule has 0 aromatic heterocycles. The highest BCUT2D eigenvalue weighted by atomic mass is 16.5. The molecule has 5 nitrogen and oxygen atoms in total. The van der Waals surface area contributed by atoms with Crippen LogP contribution in [0.1, 0.15) is 5.56 Å². The van der Waals surface area contributed by atoms with Crippen molar-refractivity contribution in [2.75, 3.05) is 6.54 Å². The summed E-state index contributed by atoms with van der Waals surface area (Å²) < 4.78 is 5.65. The molecule has 1 heterocycles. The number of ether oxygens (including phenoxy) is 1. The third-order valence-electron chi connectivity index (χ3n) is 4.05. The van der Waals surface area contributed by atoms with Gasteiger partial charge < -0.3 is 14.9 Å². The SMILES string of the molecule is O=C(O)[C@H]1NC[C@H](OCc2ccc(-c3ccccc3)cc2)[C@H]1O. The van der Waals surface area contributed by atoms with Crippen molar-refractivity contribution < 1.29 is 19.7 Å². The quantitative estimate of drug-likeness (QED) is 0.782. The van der Waals surface area contributed by atoms with E-state index in [4.69, 9.17) is 9.84 Å². The number of carboxylic acid groups (broad SMARTS) is 1. The van der Waals surface area contributed by atoms with Crippen molar-refractivity contribution in [3.8, 4) is 11.1 Å². The van der Waals surface area contributed by atoms with Gasteiger partial charge in [0.1, 0.15) is 12.1 Å². The number of carboxylic acids is 1. The van der Waals surface area contributed by atoms with E-state index in [9.17, 15) is 9.90 Å². The lowest BCUT2D eigenvalue weighted by molar-refractivity contribution is -0.142. The van der Waals surface area contributed by atoms with Gasteiger partial charge in [-0.3, -0.25) is 10.1 Å². The highest BCUT2D eigenvalue weighted by molar-refractivity contribution is 5.75. The minimum absolute atomic E-state index is 0.334. The zero-order chi connectivity index (χ0) is 16.2. The summed E-state index contributed by atoms with van der Waals surface area (Å²) in [5.74, 6) is -1.06. The van der Waals surface area contributed by atoms with Crippen LogP contribution in [0.25, 0.3) is 11.1 Å². The van der Waals surface area contributed by atoms with Gasteiger partial charge in [0.2, 0.25) is 0 Å². The van der Waals surface area contributed by atoms with Gasteiger partial charge in [-0.05, 0) is 16.7 Å². The molecule has 1 saturated heterocycles. The average Bonchev–Trinajstić information content (AvgIpc) is 2.95. The Morgan fingerprint density at radius 1 is 1.09 bits per heavy atom. The summed E-state index contributed by atoms with van der Waals surface area (Å²) in [4.78, 5) is 10.9. The lowest BCUT2D eigenvalue weighted by Gasteiger charge is -2.16. The molecule has 5 heteroatoms. The van der Waals surface area contributed by atoms with Crippen LogP contribution < -0.4 is 5.32 Å². The van der Waals surface area contributed by atoms with E-state index in [0.717, 1.165) is 16.7 Å². The van der Waals surface area contributed by atoms with Gasteiger partial charge in [-0.15, -0.1) is 0 Å². The standard InChI is InChI=1S/C18H19NO4/c20-17-15(10-19-16(17)18(21)22)23-11-12-6-8-14(9-7-12)13-4-2-1-3-5-13/h1-9,15-17,19-20H,10-11H2,(H,21,22)/t15-,16-,17+/m0/s1. The van der Waals surface area contributed by atoms with Gasteiger partial charge >= 0.3 is 5.97 Å². The molecule has 3 atom stereocenters. The van der Waals surface area contributed by atoms with Gasteiger partial charge in [-0.25, -0.2) is 0 Å². The van der Waals surface area contributed by atoms with Crippen LogP contribution in [-0.2, 0) is 16.1 Å². The van der Waals surface area contributed by atoms with Crippen molar-refractivity contribution in [2.24, 2.45) is 0 Å². The summed E-state index contributed by atoms with van der Waals surface area (Å²) in [5.41, 5.74) is 3.26. The second-order valence-electron chi connectivity index (χ2n) is 5.63. The summed E-state index contributed by atoms with van der Waals surface area (Å²) in [6, 6.07) is 17.1. The van der Waals surface area contributed by atoms with Crippen molar-refractivity contribution >= 4 is 5.97 Å². The van der Waals surface area contributed by atoms with E-state index < -0.39 is 24.2 Å². The van der Waals surface area contributed by atoms with E-state index in [1.807, 2.05) is 42.5 Å². The number of benzene rings is 2. The maximum Gasteiger partial charge on any atom is 0.323 e. The molecule has 0 bridgehead atoms. The Morgan fingerprint density at radius 3 is 2.35 bits per heavy atom. The fourth-order valence-electron chi connectivity index (χ4n) is 2.72. The summed E-state index contributed by atoms with van der Waals surface area (Å²) in [7, 11) is 0. The van der Waals surface area contributed by atoms with Crippen molar-refractivity contribution in [1.29, 1.82) is 0 Å². The van der Waals surface area contributed by atoms with Crippen LogP contribution in [0.2, 0.25) is 0 Å². The van der Waals surface area contributed by atoms with Crippen molar-refractivity contribution in [3.63, 3.8) is 0 Å². The zero-order valence-electron chi connectivity index (χ0n) is 12.6. The molecule has 0 saturated carbocycles. The number of aliphatic hydroxyl groups is 1. The first-order valence-corrected chi connectivity index (χ1v) is 7.55. The minimum atomic E-state index is -1.06. The van der Waals surface area contributed by atoms with Crippen LogP contribution in [0, 0.1) is 0 Å². The maximum atomic E-state index is 10.9. The summed E-state index contributed by atoms with van der Waals surface area (Å²) >= 11 is 0. The first-order chi connectivity index (χ1) is 11.1. The maximum absolute atomic E-state index is 10.9. The number of hydrogen-bond acceptors (Lipinski definition) is 4. The topological polar surface area (TPSA) is 78.8 Å². The molecule has 0 aliphatic carbocycles. The van der Waals surface area contributed by atoms with E-state index in [2.05, 4.69) is 17.4 Å². The van der Waals surface area contributed by atoms with Crippen molar-refractivity contribution in [3.05, 3.63) is 60.2 Å². The lowest BCUT2D eigenvalue weighted by atomic mass is 10.0. The van der Waals surface area contributed by atoms with Crippen molar-refractivity contribution in [2.45, 2.75) is 24.9 Å². The number of rotatable bonds is 5. The van der Waals surface area contributed by atoms with Crippen LogP contribution in [0.5, 0.6) is 0 Å². The van der Waals surface area contributed by atoms with E-state index in [1.54, 1.807) is 0 Å². The van der Waals surface area contributed by atoms with E-state index in [0.29, 0.717) is 13.2 Å². The Hall–Kier alpha value is -2.21. The molecule has 1 fully saturated rings. The second kappa shape index (κ2) is 6.91. The number of aliphatic hydroxyl groups excluding tert-OH is 1. The van der Waals surface area contributed by atoms with Gasteiger partial charge in [0.25, 0.3) is 0 Å². The number of nitrogens with one attached hydrogen (secondary N) is 1. The fraction of sp³-hybridized carbons (Fsp3) is 0.278. The van der Waals surface area contributed by atoms with Gasteiger partial charge in [0.05, 0.1) is 12.7 Å². The summed E-state index contributed by atoms with van der Waals surface area (Å²) in [6.45, 7) is 0.672. The molecular weight excluding hydrogens is 294 g/mol. The monoisotopic (exact) mass is 313 g/mol. The van der Waals surface area contributed by atoms with Crippen LogP contribution in [0.3, 0.4) is 0 Å². The first-order valence-electron chi connectivity index (χ1n) is 7.55. The molecular formula is C18H19NO4. The van der Waals surface area contributed by atoms with E-state index >= 15 is 0 Å². The predicted octanol–water partition coefficient (Wildman–Crippen LogP) is 1.66. The molecule has 2 aromatic rings. The highest BCUT2D eigenvalue weighted by Crippen LogP contribution is 2.20. The Kier molecular flexibility index (Phi) is 4.71. The highest BCUT2D eigenvalue weighted by Gasteiger charge is 2.39. The molecule has 1 aliphatic heterocycles. The Balaban J connectivity index is 1.58. The predicted molar refractivity (Wildman–Crippen MR) is 85.9 cm³/mol. The smallest absolute Gasteiger partial charge is 0.323 e. The summed E-state index contributed by atoms with van der Waals surface area (Å²) in [6.07, 6.45) is -1.54. The normalized spacial score (nSPS) is 23.8. The number of aliphatic carboxylic acids is 1. The van der Waals surface area contributed by atoms with Gasteiger partial charge in [0.15, 0.2) is 0 Å². The number of hydrogen-bond donors (Lipinski definition) is 3. The largest absolute Gasteiger partial charge is 0.480 e. The minimum Gasteiger partial charge on any atom is -0.480 e. The van der Waals surface area contributed by atoms with Gasteiger partial charge in [-0.2, -0.15) is 0 Å². The molecule has 3 rings (SSSR count). The molecule has 23 heavy (non-hydrogen) atoms. The molecule has 0 spiro atoms. The Labute approximate surface area is 134 Å². The fourth-order valence-corrected chi connectivity index (χ4v) is 2.72. The third-order valence-corrected chi connectivity index (χ3v) is 4.05.